The fraction of sp³-hybridized carbons (Fsp3) is 0.200. The van der Waals surface area contributed by atoms with Crippen molar-refractivity contribution < 1.29 is 19.1 Å². The lowest BCUT2D eigenvalue weighted by molar-refractivity contribution is 0.0953. The van der Waals surface area contributed by atoms with Crippen LogP contribution in [0.2, 0.25) is 5.02 Å². The van der Waals surface area contributed by atoms with E-state index in [0.29, 0.717) is 22.6 Å². The molecule has 1 amide bonds. The molecule has 0 bridgehead atoms. The first-order valence-corrected chi connectivity index (χ1v) is 6.77. The van der Waals surface area contributed by atoms with Gasteiger partial charge >= 0.3 is 0 Å². The first-order valence-electron chi connectivity index (χ1n) is 6.39. The fourth-order valence-corrected chi connectivity index (χ4v) is 2.12. The maximum atomic E-state index is 11.9. The van der Waals surface area contributed by atoms with Gasteiger partial charge in [-0.1, -0.05) is 11.6 Å². The highest BCUT2D eigenvalue weighted by atomic mass is 35.5. The van der Waals surface area contributed by atoms with Crippen LogP contribution in [0, 0.1) is 13.8 Å². The number of furan rings is 1. The molecule has 0 fully saturated rings. The van der Waals surface area contributed by atoms with E-state index in [2.05, 4.69) is 10.5 Å². The number of nitrogens with one attached hydrogen (secondary N) is 1. The van der Waals surface area contributed by atoms with Crippen LogP contribution in [0.1, 0.15) is 27.4 Å². The van der Waals surface area contributed by atoms with Gasteiger partial charge in [0.1, 0.15) is 11.5 Å². The van der Waals surface area contributed by atoms with Gasteiger partial charge in [-0.25, -0.2) is 5.43 Å². The Morgan fingerprint density at radius 2 is 2.14 bits per heavy atom. The molecule has 0 radical (unpaired) electrons. The minimum atomic E-state index is -0.373. The van der Waals surface area contributed by atoms with Crippen LogP contribution >= 0.6 is 11.6 Å². The van der Waals surface area contributed by atoms with Crippen molar-refractivity contribution in [1.29, 1.82) is 0 Å². The second-order valence-corrected chi connectivity index (χ2v) is 4.99. The van der Waals surface area contributed by atoms with E-state index in [1.807, 2.05) is 0 Å². The number of hydrogen-bond donors (Lipinski definition) is 2. The van der Waals surface area contributed by atoms with E-state index in [9.17, 15) is 9.90 Å². The minimum Gasteiger partial charge on any atom is -0.503 e. The van der Waals surface area contributed by atoms with Crippen molar-refractivity contribution in [2.75, 3.05) is 7.11 Å². The van der Waals surface area contributed by atoms with E-state index in [1.54, 1.807) is 26.0 Å². The number of amides is 1. The largest absolute Gasteiger partial charge is 0.503 e. The number of ether oxygens (including phenoxy) is 1. The Labute approximate surface area is 132 Å². The number of phenolic OH excluding ortho intramolecular Hbond substituents is 1. The van der Waals surface area contributed by atoms with Crippen LogP contribution in [0.4, 0.5) is 0 Å². The number of carbonyl (C=O) groups excluding carboxylic acids is 1. The number of aryl methyl sites for hydroxylation is 2. The van der Waals surface area contributed by atoms with Crippen molar-refractivity contribution in [2.45, 2.75) is 13.8 Å². The normalized spacial score (nSPS) is 10.9. The molecule has 1 aromatic heterocycles. The highest BCUT2D eigenvalue weighted by Crippen LogP contribution is 2.34. The second kappa shape index (κ2) is 6.53. The summed E-state index contributed by atoms with van der Waals surface area (Å²) < 4.78 is 10.3. The molecule has 0 aliphatic carbocycles. The standard InChI is InChI=1S/C15H15ClN2O4/c1-8-4-11(9(2)22-8)15(20)18-17-7-10-5-12(16)14(19)13(6-10)21-3/h4-7,19H,1-3H3,(H,18,20)/b17-7+. The summed E-state index contributed by atoms with van der Waals surface area (Å²) in [7, 11) is 1.41. The van der Waals surface area contributed by atoms with Crippen LogP contribution in [0.25, 0.3) is 0 Å². The number of benzene rings is 1. The lowest BCUT2D eigenvalue weighted by atomic mass is 10.2. The molecule has 0 aliphatic rings. The predicted octanol–water partition coefficient (Wildman–Crippen LogP) is 3.03. The highest BCUT2D eigenvalue weighted by molar-refractivity contribution is 6.32. The molecule has 0 unspecified atom stereocenters. The number of methoxy groups -OCH3 is 1. The number of nitrogens with zero attached hydrogens (tertiary/aromatic N) is 1. The Bertz CT molecular complexity index is 737. The van der Waals surface area contributed by atoms with Crippen molar-refractivity contribution in [2.24, 2.45) is 5.10 Å². The van der Waals surface area contributed by atoms with Crippen molar-refractivity contribution in [3.8, 4) is 11.5 Å². The quantitative estimate of drug-likeness (QED) is 0.669. The monoisotopic (exact) mass is 322 g/mol. The average molecular weight is 323 g/mol. The first kappa shape index (κ1) is 15.9. The maximum Gasteiger partial charge on any atom is 0.274 e. The number of hydrazone groups is 1. The summed E-state index contributed by atoms with van der Waals surface area (Å²) in [5, 5.41) is 13.6. The zero-order chi connectivity index (χ0) is 16.3. The molecule has 7 heteroatoms. The summed E-state index contributed by atoms with van der Waals surface area (Å²) >= 11 is 5.87. The topological polar surface area (TPSA) is 84.1 Å². The lowest BCUT2D eigenvalue weighted by Crippen LogP contribution is -2.17. The van der Waals surface area contributed by atoms with Crippen LogP contribution in [0.3, 0.4) is 0 Å². The second-order valence-electron chi connectivity index (χ2n) is 4.58. The van der Waals surface area contributed by atoms with Crippen LogP contribution < -0.4 is 10.2 Å². The van der Waals surface area contributed by atoms with E-state index in [1.165, 1.54) is 19.4 Å². The maximum absolute atomic E-state index is 11.9. The fourth-order valence-electron chi connectivity index (χ4n) is 1.91. The molecule has 1 heterocycles. The van der Waals surface area contributed by atoms with Crippen molar-refractivity contribution in [3.63, 3.8) is 0 Å². The van der Waals surface area contributed by atoms with Crippen LogP contribution in [0.5, 0.6) is 11.5 Å². The number of aromatic hydroxyl groups is 1. The Kier molecular flexibility index (Phi) is 4.72. The van der Waals surface area contributed by atoms with E-state index in [-0.39, 0.29) is 22.4 Å². The Balaban J connectivity index is 2.11. The van der Waals surface area contributed by atoms with Crippen LogP contribution in [-0.2, 0) is 0 Å². The van der Waals surface area contributed by atoms with Gasteiger partial charge in [0.2, 0.25) is 0 Å². The summed E-state index contributed by atoms with van der Waals surface area (Å²) in [6.07, 6.45) is 1.40. The molecule has 0 spiro atoms. The van der Waals surface area contributed by atoms with Crippen LogP contribution in [-0.4, -0.2) is 24.3 Å². The molecule has 2 N–H and O–H groups in total. The van der Waals surface area contributed by atoms with Gasteiger partial charge in [-0.2, -0.15) is 5.10 Å². The molecule has 2 rings (SSSR count). The zero-order valence-corrected chi connectivity index (χ0v) is 13.1. The van der Waals surface area contributed by atoms with E-state index >= 15 is 0 Å². The number of carbonyl (C=O) groups is 1. The van der Waals surface area contributed by atoms with Gasteiger partial charge < -0.3 is 14.3 Å². The van der Waals surface area contributed by atoms with Crippen molar-refractivity contribution in [1.82, 2.24) is 5.43 Å². The molecule has 116 valence electrons. The van der Waals surface area contributed by atoms with E-state index < -0.39 is 0 Å². The highest BCUT2D eigenvalue weighted by Gasteiger charge is 2.12. The molecule has 2 aromatic rings. The first-order chi connectivity index (χ1) is 10.4. The van der Waals surface area contributed by atoms with Gasteiger partial charge in [-0.05, 0) is 37.6 Å². The zero-order valence-electron chi connectivity index (χ0n) is 12.3. The summed E-state index contributed by atoms with van der Waals surface area (Å²) in [5.74, 6) is 0.889. The van der Waals surface area contributed by atoms with Gasteiger partial charge in [0.05, 0.1) is 23.9 Å². The van der Waals surface area contributed by atoms with Gasteiger partial charge in [-0.15, -0.1) is 0 Å². The number of rotatable bonds is 4. The van der Waals surface area contributed by atoms with Gasteiger partial charge in [0, 0.05) is 0 Å². The SMILES string of the molecule is COc1cc(/C=N/NC(=O)c2cc(C)oc2C)cc(Cl)c1O. The van der Waals surface area contributed by atoms with E-state index in [4.69, 9.17) is 20.8 Å². The third-order valence-electron chi connectivity index (χ3n) is 2.94. The summed E-state index contributed by atoms with van der Waals surface area (Å²) in [4.78, 5) is 11.9. The Morgan fingerprint density at radius 1 is 1.41 bits per heavy atom. The summed E-state index contributed by atoms with van der Waals surface area (Å²) in [6.45, 7) is 3.47. The molecule has 6 nitrogen and oxygen atoms in total. The minimum absolute atomic E-state index is 0.133. The lowest BCUT2D eigenvalue weighted by Gasteiger charge is -2.06. The molecule has 0 aliphatic heterocycles. The summed E-state index contributed by atoms with van der Waals surface area (Å²) in [5.41, 5.74) is 3.39. The molecule has 1 aromatic carbocycles. The average Bonchev–Trinajstić information content (AvgIpc) is 2.81. The Hall–Kier alpha value is -2.47. The van der Waals surface area contributed by atoms with E-state index in [0.717, 1.165) is 0 Å². The molecule has 0 atom stereocenters. The van der Waals surface area contributed by atoms with Gasteiger partial charge in [-0.3, -0.25) is 4.79 Å². The van der Waals surface area contributed by atoms with Gasteiger partial charge in [0.25, 0.3) is 5.91 Å². The van der Waals surface area contributed by atoms with Gasteiger partial charge in [0.15, 0.2) is 11.5 Å². The molecule has 0 saturated carbocycles. The smallest absolute Gasteiger partial charge is 0.274 e. The molecular weight excluding hydrogens is 308 g/mol. The molecule has 22 heavy (non-hydrogen) atoms. The summed E-state index contributed by atoms with van der Waals surface area (Å²) in [6, 6.07) is 4.69. The number of phenols is 1. The van der Waals surface area contributed by atoms with Crippen molar-refractivity contribution >= 4 is 23.7 Å². The predicted molar refractivity (Wildman–Crippen MR) is 82.9 cm³/mol. The third-order valence-corrected chi connectivity index (χ3v) is 3.22. The number of halogens is 1. The molecular formula is C15H15ClN2O4. The third kappa shape index (κ3) is 3.40. The molecule has 0 saturated heterocycles. The number of hydrogen-bond acceptors (Lipinski definition) is 5. The van der Waals surface area contributed by atoms with Crippen LogP contribution in [0.15, 0.2) is 27.7 Å². The van der Waals surface area contributed by atoms with Crippen molar-refractivity contribution in [3.05, 3.63) is 45.9 Å². The Morgan fingerprint density at radius 3 is 2.73 bits per heavy atom.